The maximum absolute atomic E-state index is 12.9. The van der Waals surface area contributed by atoms with Crippen LogP contribution in [0.5, 0.6) is 0 Å². The van der Waals surface area contributed by atoms with Crippen LogP contribution in [0, 0.1) is 0 Å². The number of halogens is 4. The standard InChI is InChI=1S/C18H23ClF3N3O2/c1-23-6-8-24(9-7-23)15-4-5-25(11-16(15)26)17(27)13-10-12(18(20,21)22)2-3-14(13)19/h2-3,10,15-16,26H,4-9,11H2,1H3/t15-,16-/m1/s1. The lowest BCUT2D eigenvalue weighted by Crippen LogP contribution is -2.59. The Hall–Kier alpha value is -1.35. The molecule has 9 heteroatoms. The zero-order valence-electron chi connectivity index (χ0n) is 15.0. The van der Waals surface area contributed by atoms with Gasteiger partial charge < -0.3 is 14.9 Å². The molecule has 2 saturated heterocycles. The molecule has 1 amide bonds. The minimum absolute atomic E-state index is 0.0244. The highest BCUT2D eigenvalue weighted by Gasteiger charge is 2.36. The Labute approximate surface area is 161 Å². The van der Waals surface area contributed by atoms with Crippen LogP contribution >= 0.6 is 11.6 Å². The first-order chi connectivity index (χ1) is 12.7. The fourth-order valence-electron chi connectivity index (χ4n) is 3.72. The summed E-state index contributed by atoms with van der Waals surface area (Å²) in [6, 6.07) is 2.68. The number of piperidine rings is 1. The second-order valence-electron chi connectivity index (χ2n) is 7.21. The number of nitrogens with zero attached hydrogens (tertiary/aromatic N) is 3. The number of benzene rings is 1. The van der Waals surface area contributed by atoms with Crippen molar-refractivity contribution < 1.29 is 23.1 Å². The molecule has 2 aliphatic heterocycles. The molecular weight excluding hydrogens is 383 g/mol. The molecule has 5 nitrogen and oxygen atoms in total. The highest BCUT2D eigenvalue weighted by Crippen LogP contribution is 2.32. The maximum atomic E-state index is 12.9. The minimum Gasteiger partial charge on any atom is -0.390 e. The molecule has 2 atom stereocenters. The molecule has 0 spiro atoms. The molecular formula is C18H23ClF3N3O2. The number of hydrogen-bond donors (Lipinski definition) is 1. The van der Waals surface area contributed by atoms with Gasteiger partial charge in [-0.15, -0.1) is 0 Å². The molecule has 150 valence electrons. The molecule has 2 aliphatic rings. The highest BCUT2D eigenvalue weighted by molar-refractivity contribution is 6.33. The van der Waals surface area contributed by atoms with Gasteiger partial charge in [0.1, 0.15) is 0 Å². The van der Waals surface area contributed by atoms with Crippen LogP contribution in [0.15, 0.2) is 18.2 Å². The van der Waals surface area contributed by atoms with Crippen molar-refractivity contribution in [1.29, 1.82) is 0 Å². The van der Waals surface area contributed by atoms with E-state index in [9.17, 15) is 23.1 Å². The van der Waals surface area contributed by atoms with Crippen LogP contribution < -0.4 is 0 Å². The van der Waals surface area contributed by atoms with Gasteiger partial charge in [0, 0.05) is 45.3 Å². The lowest BCUT2D eigenvalue weighted by molar-refractivity contribution is -0.137. The SMILES string of the molecule is CN1CCN([C@@H]2CCN(C(=O)c3cc(C(F)(F)F)ccc3Cl)C[C@H]2O)CC1. The van der Waals surface area contributed by atoms with Gasteiger partial charge in [0.05, 0.1) is 22.3 Å². The smallest absolute Gasteiger partial charge is 0.390 e. The van der Waals surface area contributed by atoms with E-state index in [4.69, 9.17) is 11.6 Å². The lowest BCUT2D eigenvalue weighted by Gasteiger charge is -2.44. The Morgan fingerprint density at radius 2 is 1.85 bits per heavy atom. The number of aliphatic hydroxyl groups is 1. The van der Waals surface area contributed by atoms with Gasteiger partial charge in [0.15, 0.2) is 0 Å². The number of aliphatic hydroxyl groups excluding tert-OH is 1. The molecule has 0 unspecified atom stereocenters. The second-order valence-corrected chi connectivity index (χ2v) is 7.61. The third-order valence-corrected chi connectivity index (χ3v) is 5.69. The number of piperazine rings is 1. The summed E-state index contributed by atoms with van der Waals surface area (Å²) in [7, 11) is 2.05. The van der Waals surface area contributed by atoms with E-state index in [0.717, 1.165) is 44.4 Å². The van der Waals surface area contributed by atoms with E-state index >= 15 is 0 Å². The van der Waals surface area contributed by atoms with E-state index in [1.54, 1.807) is 0 Å². The second kappa shape index (κ2) is 7.95. The molecule has 27 heavy (non-hydrogen) atoms. The molecule has 0 aromatic heterocycles. The zero-order chi connectivity index (χ0) is 19.8. The number of likely N-dealkylation sites (tertiary alicyclic amines) is 1. The number of rotatable bonds is 2. The van der Waals surface area contributed by atoms with E-state index in [-0.39, 0.29) is 23.2 Å². The van der Waals surface area contributed by atoms with Crippen LogP contribution in [-0.2, 0) is 6.18 Å². The quantitative estimate of drug-likeness (QED) is 0.819. The topological polar surface area (TPSA) is 47.0 Å². The van der Waals surface area contributed by atoms with Crippen molar-refractivity contribution in [1.82, 2.24) is 14.7 Å². The molecule has 0 aliphatic carbocycles. The molecule has 0 saturated carbocycles. The van der Waals surface area contributed by atoms with Gasteiger partial charge >= 0.3 is 6.18 Å². The monoisotopic (exact) mass is 405 g/mol. The third-order valence-electron chi connectivity index (χ3n) is 5.36. The van der Waals surface area contributed by atoms with E-state index in [1.807, 2.05) is 7.05 Å². The van der Waals surface area contributed by atoms with Gasteiger partial charge in [-0.25, -0.2) is 0 Å². The predicted molar refractivity (Wildman–Crippen MR) is 95.8 cm³/mol. The van der Waals surface area contributed by atoms with E-state index in [0.29, 0.717) is 13.0 Å². The minimum atomic E-state index is -4.55. The number of amides is 1. The average molecular weight is 406 g/mol. The molecule has 1 aromatic carbocycles. The van der Waals surface area contributed by atoms with Gasteiger partial charge in [-0.1, -0.05) is 11.6 Å². The fraction of sp³-hybridized carbons (Fsp3) is 0.611. The Bertz CT molecular complexity index is 693. The number of carbonyl (C=O) groups is 1. The number of likely N-dealkylation sites (N-methyl/N-ethyl adjacent to an activating group) is 1. The summed E-state index contributed by atoms with van der Waals surface area (Å²) in [6.45, 7) is 4.01. The summed E-state index contributed by atoms with van der Waals surface area (Å²) in [5, 5.41) is 10.5. The van der Waals surface area contributed by atoms with Crippen molar-refractivity contribution in [3.05, 3.63) is 34.3 Å². The fourth-order valence-corrected chi connectivity index (χ4v) is 3.92. The van der Waals surface area contributed by atoms with Crippen LogP contribution in [0.3, 0.4) is 0 Å². The molecule has 2 fully saturated rings. The summed E-state index contributed by atoms with van der Waals surface area (Å²) < 4.78 is 38.8. The van der Waals surface area contributed by atoms with Crippen molar-refractivity contribution in [3.63, 3.8) is 0 Å². The van der Waals surface area contributed by atoms with Crippen molar-refractivity contribution >= 4 is 17.5 Å². The van der Waals surface area contributed by atoms with Gasteiger partial charge in [0.25, 0.3) is 5.91 Å². The van der Waals surface area contributed by atoms with Crippen LogP contribution in [0.2, 0.25) is 5.02 Å². The van der Waals surface area contributed by atoms with Gasteiger partial charge in [0.2, 0.25) is 0 Å². The maximum Gasteiger partial charge on any atom is 0.416 e. The van der Waals surface area contributed by atoms with Gasteiger partial charge in [-0.3, -0.25) is 9.69 Å². The number of carbonyl (C=O) groups excluding carboxylic acids is 1. The van der Waals surface area contributed by atoms with Crippen LogP contribution in [0.1, 0.15) is 22.3 Å². The van der Waals surface area contributed by atoms with Crippen molar-refractivity contribution in [2.45, 2.75) is 24.7 Å². The largest absolute Gasteiger partial charge is 0.416 e. The van der Waals surface area contributed by atoms with Gasteiger partial charge in [-0.05, 0) is 31.7 Å². The Kier molecular flexibility index (Phi) is 6.00. The summed E-state index contributed by atoms with van der Waals surface area (Å²) in [5.74, 6) is -0.582. The van der Waals surface area contributed by atoms with Gasteiger partial charge in [-0.2, -0.15) is 13.2 Å². The van der Waals surface area contributed by atoms with Crippen molar-refractivity contribution in [2.24, 2.45) is 0 Å². The first-order valence-electron chi connectivity index (χ1n) is 8.93. The Morgan fingerprint density at radius 1 is 1.19 bits per heavy atom. The average Bonchev–Trinajstić information content (AvgIpc) is 2.61. The molecule has 3 rings (SSSR count). The Balaban J connectivity index is 1.69. The first kappa shape index (κ1) is 20.4. The summed E-state index contributed by atoms with van der Waals surface area (Å²) in [5.41, 5.74) is -1.10. The normalized spacial score (nSPS) is 25.6. The van der Waals surface area contributed by atoms with E-state index in [1.165, 1.54) is 4.90 Å². The van der Waals surface area contributed by atoms with Crippen LogP contribution in [0.25, 0.3) is 0 Å². The summed E-state index contributed by atoms with van der Waals surface area (Å²) >= 11 is 5.97. The Morgan fingerprint density at radius 3 is 2.44 bits per heavy atom. The third kappa shape index (κ3) is 4.56. The number of β-amino-alcohol motifs (C(OH)–C–C–N with tert-alkyl or cyclic N) is 1. The molecule has 2 heterocycles. The van der Waals surface area contributed by atoms with Crippen molar-refractivity contribution in [2.75, 3.05) is 46.3 Å². The highest BCUT2D eigenvalue weighted by atomic mass is 35.5. The van der Waals surface area contributed by atoms with Crippen LogP contribution in [-0.4, -0.2) is 84.2 Å². The first-order valence-corrected chi connectivity index (χ1v) is 9.31. The number of hydrogen-bond acceptors (Lipinski definition) is 4. The molecule has 1 aromatic rings. The molecule has 1 N–H and O–H groups in total. The summed E-state index contributed by atoms with van der Waals surface area (Å²) in [6.07, 6.45) is -4.71. The lowest BCUT2D eigenvalue weighted by atomic mass is 9.98. The van der Waals surface area contributed by atoms with Crippen LogP contribution in [0.4, 0.5) is 13.2 Å². The number of alkyl halides is 3. The summed E-state index contributed by atoms with van der Waals surface area (Å²) in [4.78, 5) is 18.5. The molecule has 0 bridgehead atoms. The predicted octanol–water partition coefficient (Wildman–Crippen LogP) is 2.18. The molecule has 0 radical (unpaired) electrons. The van der Waals surface area contributed by atoms with E-state index < -0.39 is 23.8 Å². The zero-order valence-corrected chi connectivity index (χ0v) is 15.8. The van der Waals surface area contributed by atoms with Crippen molar-refractivity contribution in [3.8, 4) is 0 Å². The van der Waals surface area contributed by atoms with E-state index in [2.05, 4.69) is 9.80 Å².